The number of aromatic hydroxyl groups is 1. The normalized spacial score (nSPS) is 11.3. The summed E-state index contributed by atoms with van der Waals surface area (Å²) in [5, 5.41) is 10.9. The second kappa shape index (κ2) is 19.7. The third kappa shape index (κ3) is 13.9. The van der Waals surface area contributed by atoms with Crippen molar-refractivity contribution in [3.8, 4) is 5.75 Å². The number of aryl methyl sites for hydroxylation is 3. The van der Waals surface area contributed by atoms with E-state index in [0.717, 1.165) is 12.8 Å². The summed E-state index contributed by atoms with van der Waals surface area (Å²) in [4.78, 5) is 0. The fourth-order valence-electron chi connectivity index (χ4n) is 4.64. The van der Waals surface area contributed by atoms with Crippen molar-refractivity contribution in [2.75, 3.05) is 0 Å². The SMILES string of the molecule is CCCCCCCCCCc1cc(CCCC)c(O)c(CCCCCCCCCC)c1. The van der Waals surface area contributed by atoms with Crippen molar-refractivity contribution in [3.05, 3.63) is 28.8 Å². The van der Waals surface area contributed by atoms with Crippen LogP contribution in [-0.4, -0.2) is 5.11 Å². The second-order valence-electron chi connectivity index (χ2n) is 9.82. The molecule has 0 aliphatic carbocycles. The molecule has 1 rings (SSSR count). The molecule has 1 aromatic carbocycles. The molecule has 0 aromatic heterocycles. The largest absolute Gasteiger partial charge is 0.507 e. The van der Waals surface area contributed by atoms with Crippen molar-refractivity contribution in [2.45, 2.75) is 156 Å². The summed E-state index contributed by atoms with van der Waals surface area (Å²) in [6.45, 7) is 6.81. The lowest BCUT2D eigenvalue weighted by Gasteiger charge is -2.14. The lowest BCUT2D eigenvalue weighted by Crippen LogP contribution is -1.97. The van der Waals surface area contributed by atoms with Gasteiger partial charge in [-0.05, 0) is 55.2 Å². The van der Waals surface area contributed by atoms with Crippen LogP contribution >= 0.6 is 0 Å². The molecule has 0 bridgehead atoms. The summed E-state index contributed by atoms with van der Waals surface area (Å²) in [5.74, 6) is 0.607. The van der Waals surface area contributed by atoms with Gasteiger partial charge >= 0.3 is 0 Å². The number of phenolic OH excluding ortho intramolecular Hbond substituents is 1. The molecule has 0 saturated heterocycles. The maximum Gasteiger partial charge on any atom is 0.121 e. The smallest absolute Gasteiger partial charge is 0.121 e. The van der Waals surface area contributed by atoms with E-state index in [1.54, 1.807) is 0 Å². The van der Waals surface area contributed by atoms with E-state index in [1.807, 2.05) is 0 Å². The monoisotopic (exact) mass is 430 g/mol. The molecule has 0 amide bonds. The molecule has 0 atom stereocenters. The average Bonchev–Trinajstić information content (AvgIpc) is 2.78. The fourth-order valence-corrected chi connectivity index (χ4v) is 4.64. The Bertz CT molecular complexity index is 533. The first-order valence-electron chi connectivity index (χ1n) is 14.1. The predicted molar refractivity (Wildman–Crippen MR) is 139 cm³/mol. The predicted octanol–water partition coefficient (Wildman–Crippen LogP) is 10.1. The third-order valence-electron chi connectivity index (χ3n) is 6.75. The van der Waals surface area contributed by atoms with E-state index in [9.17, 15) is 5.11 Å². The minimum absolute atomic E-state index is 0.607. The van der Waals surface area contributed by atoms with Crippen LogP contribution in [0.3, 0.4) is 0 Å². The molecule has 0 fully saturated rings. The molecule has 0 heterocycles. The van der Waals surface area contributed by atoms with Crippen molar-refractivity contribution in [1.29, 1.82) is 0 Å². The molecule has 1 nitrogen and oxygen atoms in total. The van der Waals surface area contributed by atoms with Gasteiger partial charge < -0.3 is 5.11 Å². The zero-order chi connectivity index (χ0) is 22.6. The van der Waals surface area contributed by atoms with E-state index in [-0.39, 0.29) is 0 Å². The third-order valence-corrected chi connectivity index (χ3v) is 6.75. The van der Waals surface area contributed by atoms with Gasteiger partial charge in [-0.1, -0.05) is 129 Å². The number of phenols is 1. The highest BCUT2D eigenvalue weighted by Crippen LogP contribution is 2.29. The summed E-state index contributed by atoms with van der Waals surface area (Å²) >= 11 is 0. The number of hydrogen-bond donors (Lipinski definition) is 1. The van der Waals surface area contributed by atoms with Crippen molar-refractivity contribution in [3.63, 3.8) is 0 Å². The van der Waals surface area contributed by atoms with Crippen LogP contribution in [0.4, 0.5) is 0 Å². The lowest BCUT2D eigenvalue weighted by atomic mass is 9.94. The number of rotatable bonds is 21. The topological polar surface area (TPSA) is 20.2 Å². The highest BCUT2D eigenvalue weighted by Gasteiger charge is 2.10. The Hall–Kier alpha value is -0.980. The van der Waals surface area contributed by atoms with Crippen LogP contribution in [0.25, 0.3) is 0 Å². The van der Waals surface area contributed by atoms with Gasteiger partial charge in [0.05, 0.1) is 0 Å². The van der Waals surface area contributed by atoms with Gasteiger partial charge in [-0.15, -0.1) is 0 Å². The van der Waals surface area contributed by atoms with Crippen molar-refractivity contribution in [1.82, 2.24) is 0 Å². The fraction of sp³-hybridized carbons (Fsp3) is 0.800. The first-order chi connectivity index (χ1) is 15.2. The van der Waals surface area contributed by atoms with Crippen molar-refractivity contribution >= 4 is 0 Å². The summed E-state index contributed by atoms with van der Waals surface area (Å²) in [6.07, 6.45) is 27.4. The van der Waals surface area contributed by atoms with Crippen LogP contribution < -0.4 is 0 Å². The Morgan fingerprint density at radius 3 is 1.26 bits per heavy atom. The summed E-state index contributed by atoms with van der Waals surface area (Å²) in [7, 11) is 0. The number of hydrogen-bond acceptors (Lipinski definition) is 1. The van der Waals surface area contributed by atoms with E-state index < -0.39 is 0 Å². The van der Waals surface area contributed by atoms with Gasteiger partial charge in [0.1, 0.15) is 5.75 Å². The zero-order valence-electron chi connectivity index (χ0n) is 21.5. The molecule has 31 heavy (non-hydrogen) atoms. The van der Waals surface area contributed by atoms with Crippen molar-refractivity contribution in [2.24, 2.45) is 0 Å². The van der Waals surface area contributed by atoms with Crippen LogP contribution in [0.2, 0.25) is 0 Å². The Kier molecular flexibility index (Phi) is 17.8. The summed E-state index contributed by atoms with van der Waals surface area (Å²) in [6, 6.07) is 4.64. The minimum atomic E-state index is 0.607. The van der Waals surface area contributed by atoms with Crippen LogP contribution in [0.5, 0.6) is 5.75 Å². The van der Waals surface area contributed by atoms with E-state index in [1.165, 1.54) is 139 Å². The molecular formula is C30H54O. The molecule has 0 spiro atoms. The number of benzene rings is 1. The molecule has 0 aliphatic rings. The van der Waals surface area contributed by atoms with Crippen LogP contribution in [0, 0.1) is 0 Å². The molecule has 0 saturated carbocycles. The van der Waals surface area contributed by atoms with Gasteiger partial charge in [-0.3, -0.25) is 0 Å². The first-order valence-corrected chi connectivity index (χ1v) is 14.1. The van der Waals surface area contributed by atoms with Crippen molar-refractivity contribution < 1.29 is 5.11 Å². The first kappa shape index (κ1) is 28.1. The highest BCUT2D eigenvalue weighted by molar-refractivity contribution is 5.44. The van der Waals surface area contributed by atoms with Crippen LogP contribution in [0.1, 0.15) is 153 Å². The second-order valence-corrected chi connectivity index (χ2v) is 9.82. The highest BCUT2D eigenvalue weighted by atomic mass is 16.3. The van der Waals surface area contributed by atoms with Gasteiger partial charge in [0.15, 0.2) is 0 Å². The molecule has 0 radical (unpaired) electrons. The van der Waals surface area contributed by atoms with Gasteiger partial charge in [0.2, 0.25) is 0 Å². The molecule has 1 heteroatoms. The molecule has 1 N–H and O–H groups in total. The Morgan fingerprint density at radius 2 is 0.806 bits per heavy atom. The zero-order valence-corrected chi connectivity index (χ0v) is 21.5. The average molecular weight is 431 g/mol. The van der Waals surface area contributed by atoms with Crippen LogP contribution in [-0.2, 0) is 19.3 Å². The van der Waals surface area contributed by atoms with Gasteiger partial charge in [0.25, 0.3) is 0 Å². The Labute approximate surface area is 195 Å². The summed E-state index contributed by atoms with van der Waals surface area (Å²) < 4.78 is 0. The van der Waals surface area contributed by atoms with Gasteiger partial charge in [0, 0.05) is 0 Å². The molecular weight excluding hydrogens is 376 g/mol. The number of unbranched alkanes of at least 4 members (excludes halogenated alkanes) is 15. The van der Waals surface area contributed by atoms with Gasteiger partial charge in [-0.2, -0.15) is 0 Å². The van der Waals surface area contributed by atoms with Gasteiger partial charge in [-0.25, -0.2) is 0 Å². The Balaban J connectivity index is 2.45. The van der Waals surface area contributed by atoms with E-state index in [2.05, 4.69) is 32.9 Å². The maximum absolute atomic E-state index is 10.9. The molecule has 0 unspecified atom stereocenters. The van der Waals surface area contributed by atoms with E-state index >= 15 is 0 Å². The van der Waals surface area contributed by atoms with E-state index in [4.69, 9.17) is 0 Å². The summed E-state index contributed by atoms with van der Waals surface area (Å²) in [5.41, 5.74) is 3.88. The lowest BCUT2D eigenvalue weighted by molar-refractivity contribution is 0.457. The minimum Gasteiger partial charge on any atom is -0.507 e. The standard InChI is InChI=1S/C30H54O/c1-4-7-10-12-14-16-18-20-22-27-25-28(23-9-6-3)30(31)29(26-27)24-21-19-17-15-13-11-8-5-2/h25-26,31H,4-24H2,1-3H3. The maximum atomic E-state index is 10.9. The van der Waals surface area contributed by atoms with E-state index in [0.29, 0.717) is 5.75 Å². The molecule has 180 valence electrons. The quantitative estimate of drug-likeness (QED) is 0.192. The molecule has 1 aromatic rings. The Morgan fingerprint density at radius 1 is 0.452 bits per heavy atom. The van der Waals surface area contributed by atoms with Crippen LogP contribution in [0.15, 0.2) is 12.1 Å². The molecule has 0 aliphatic heterocycles.